The van der Waals surface area contributed by atoms with E-state index < -0.39 is 0 Å². The predicted molar refractivity (Wildman–Crippen MR) is 70.0 cm³/mol. The molecule has 0 bridgehead atoms. The van der Waals surface area contributed by atoms with Gasteiger partial charge in [0.2, 0.25) is 5.89 Å². The predicted octanol–water partition coefficient (Wildman–Crippen LogP) is 1.29. The SMILES string of the molecule is CC(C)(C)c1nnc(C(=O)N2CCc3nc[nH]c3C2)o1. The molecule has 7 heteroatoms. The van der Waals surface area contributed by atoms with Crippen molar-refractivity contribution in [1.82, 2.24) is 25.1 Å². The molecule has 0 radical (unpaired) electrons. The van der Waals surface area contributed by atoms with E-state index in [-0.39, 0.29) is 17.2 Å². The fraction of sp³-hybridized carbons (Fsp3) is 0.538. The highest BCUT2D eigenvalue weighted by Gasteiger charge is 2.29. The van der Waals surface area contributed by atoms with Crippen LogP contribution in [0, 0.1) is 0 Å². The molecule has 20 heavy (non-hydrogen) atoms. The van der Waals surface area contributed by atoms with Gasteiger partial charge in [0.25, 0.3) is 0 Å². The second kappa shape index (κ2) is 4.43. The van der Waals surface area contributed by atoms with E-state index in [0.717, 1.165) is 17.8 Å². The van der Waals surface area contributed by atoms with E-state index in [2.05, 4.69) is 20.2 Å². The van der Waals surface area contributed by atoms with Crippen molar-refractivity contribution in [3.63, 3.8) is 0 Å². The Morgan fingerprint density at radius 1 is 1.40 bits per heavy atom. The van der Waals surface area contributed by atoms with Crippen molar-refractivity contribution in [2.45, 2.75) is 39.2 Å². The standard InChI is InChI=1S/C13H17N5O2/c1-13(2,3)12-17-16-10(20-12)11(19)18-5-4-8-9(6-18)15-7-14-8/h7H,4-6H2,1-3H3,(H,14,15). The maximum atomic E-state index is 12.4. The first-order chi connectivity index (χ1) is 9.45. The maximum Gasteiger partial charge on any atom is 0.311 e. The van der Waals surface area contributed by atoms with Crippen molar-refractivity contribution in [1.29, 1.82) is 0 Å². The quantitative estimate of drug-likeness (QED) is 0.847. The van der Waals surface area contributed by atoms with Gasteiger partial charge in [-0.2, -0.15) is 0 Å². The number of nitrogens with one attached hydrogen (secondary N) is 1. The van der Waals surface area contributed by atoms with E-state index in [1.807, 2.05) is 20.8 Å². The third-order valence-corrected chi connectivity index (χ3v) is 3.31. The molecule has 0 saturated heterocycles. The molecule has 0 atom stereocenters. The molecule has 0 spiro atoms. The average Bonchev–Trinajstić information content (AvgIpc) is 3.05. The number of imidazole rings is 1. The summed E-state index contributed by atoms with van der Waals surface area (Å²) in [6.45, 7) is 7.01. The molecule has 0 unspecified atom stereocenters. The van der Waals surface area contributed by atoms with Crippen LogP contribution in [0.4, 0.5) is 0 Å². The minimum atomic E-state index is -0.260. The molecule has 3 rings (SSSR count). The van der Waals surface area contributed by atoms with E-state index in [0.29, 0.717) is 19.0 Å². The van der Waals surface area contributed by atoms with Crippen molar-refractivity contribution < 1.29 is 9.21 Å². The Hall–Kier alpha value is -2.18. The molecule has 3 heterocycles. The Kier molecular flexibility index (Phi) is 2.84. The zero-order chi connectivity index (χ0) is 14.3. The van der Waals surface area contributed by atoms with Crippen LogP contribution in [0.1, 0.15) is 48.7 Å². The molecule has 106 valence electrons. The van der Waals surface area contributed by atoms with Gasteiger partial charge in [-0.3, -0.25) is 4.79 Å². The minimum Gasteiger partial charge on any atom is -0.416 e. The summed E-state index contributed by atoms with van der Waals surface area (Å²) in [5.41, 5.74) is 1.74. The minimum absolute atomic E-state index is 0.0536. The molecule has 1 N–H and O–H groups in total. The van der Waals surface area contributed by atoms with Gasteiger partial charge < -0.3 is 14.3 Å². The first-order valence-electron chi connectivity index (χ1n) is 6.59. The first-order valence-corrected chi connectivity index (χ1v) is 6.59. The lowest BCUT2D eigenvalue weighted by Gasteiger charge is -2.24. The number of aromatic amines is 1. The molecular formula is C13H17N5O2. The number of hydrogen-bond donors (Lipinski definition) is 1. The molecule has 7 nitrogen and oxygen atoms in total. The second-order valence-corrected chi connectivity index (χ2v) is 5.97. The van der Waals surface area contributed by atoms with Crippen LogP contribution in [-0.2, 0) is 18.4 Å². The summed E-state index contributed by atoms with van der Waals surface area (Å²) in [7, 11) is 0. The van der Waals surface area contributed by atoms with Gasteiger partial charge in [-0.15, -0.1) is 10.2 Å². The Labute approximate surface area is 116 Å². The lowest BCUT2D eigenvalue weighted by Crippen LogP contribution is -2.36. The summed E-state index contributed by atoms with van der Waals surface area (Å²) < 4.78 is 5.49. The van der Waals surface area contributed by atoms with Crippen LogP contribution in [-0.4, -0.2) is 37.5 Å². The highest BCUT2D eigenvalue weighted by molar-refractivity contribution is 5.89. The number of fused-ring (bicyclic) bond motifs is 1. The fourth-order valence-corrected chi connectivity index (χ4v) is 2.13. The van der Waals surface area contributed by atoms with E-state index in [9.17, 15) is 4.79 Å². The summed E-state index contributed by atoms with van der Waals surface area (Å²) in [6, 6.07) is 0. The molecule has 0 aromatic carbocycles. The van der Waals surface area contributed by atoms with Gasteiger partial charge in [0.1, 0.15) is 0 Å². The largest absolute Gasteiger partial charge is 0.416 e. The van der Waals surface area contributed by atoms with Crippen molar-refractivity contribution in [3.05, 3.63) is 29.5 Å². The number of amides is 1. The van der Waals surface area contributed by atoms with Crippen molar-refractivity contribution in [2.75, 3.05) is 6.54 Å². The Morgan fingerprint density at radius 2 is 2.20 bits per heavy atom. The van der Waals surface area contributed by atoms with Crippen molar-refractivity contribution in [3.8, 4) is 0 Å². The van der Waals surface area contributed by atoms with Crippen LogP contribution in [0.3, 0.4) is 0 Å². The van der Waals surface area contributed by atoms with Crippen LogP contribution in [0.5, 0.6) is 0 Å². The third-order valence-electron chi connectivity index (χ3n) is 3.31. The maximum absolute atomic E-state index is 12.4. The van der Waals surface area contributed by atoms with Gasteiger partial charge in [0.15, 0.2) is 0 Å². The Morgan fingerprint density at radius 3 is 2.90 bits per heavy atom. The van der Waals surface area contributed by atoms with Crippen LogP contribution in [0.2, 0.25) is 0 Å². The highest BCUT2D eigenvalue weighted by atomic mass is 16.4. The summed E-state index contributed by atoms with van der Waals surface area (Å²) in [5, 5.41) is 7.82. The summed E-state index contributed by atoms with van der Waals surface area (Å²) in [6.07, 6.45) is 2.40. The smallest absolute Gasteiger partial charge is 0.311 e. The first kappa shape index (κ1) is 12.8. The fourth-order valence-electron chi connectivity index (χ4n) is 2.13. The normalized spacial score (nSPS) is 15.2. The molecular weight excluding hydrogens is 258 g/mol. The van der Waals surface area contributed by atoms with Gasteiger partial charge in [-0.25, -0.2) is 4.98 Å². The molecule has 0 aliphatic carbocycles. The van der Waals surface area contributed by atoms with Gasteiger partial charge in [0.05, 0.1) is 24.3 Å². The van der Waals surface area contributed by atoms with Crippen LogP contribution in [0.15, 0.2) is 10.7 Å². The monoisotopic (exact) mass is 275 g/mol. The summed E-state index contributed by atoms with van der Waals surface area (Å²) >= 11 is 0. The Bertz CT molecular complexity index is 637. The van der Waals surface area contributed by atoms with Gasteiger partial charge in [-0.1, -0.05) is 20.8 Å². The molecule has 1 amide bonds. The zero-order valence-corrected chi connectivity index (χ0v) is 11.8. The number of carbonyl (C=O) groups excluding carboxylic acids is 1. The molecule has 2 aromatic rings. The number of aromatic nitrogens is 4. The molecule has 1 aliphatic rings. The van der Waals surface area contributed by atoms with E-state index in [1.54, 1.807) is 11.2 Å². The zero-order valence-electron chi connectivity index (χ0n) is 11.8. The molecule has 0 fully saturated rings. The van der Waals surface area contributed by atoms with E-state index in [4.69, 9.17) is 4.42 Å². The number of H-pyrrole nitrogens is 1. The van der Waals surface area contributed by atoms with Gasteiger partial charge in [0, 0.05) is 18.4 Å². The van der Waals surface area contributed by atoms with Crippen LogP contribution in [0.25, 0.3) is 0 Å². The van der Waals surface area contributed by atoms with Crippen molar-refractivity contribution in [2.24, 2.45) is 0 Å². The summed E-state index contributed by atoms with van der Waals surface area (Å²) in [4.78, 5) is 21.3. The van der Waals surface area contributed by atoms with Crippen molar-refractivity contribution >= 4 is 5.91 Å². The van der Waals surface area contributed by atoms with E-state index >= 15 is 0 Å². The molecule has 0 saturated carbocycles. The number of nitrogens with zero attached hydrogens (tertiary/aromatic N) is 4. The molecule has 2 aromatic heterocycles. The second-order valence-electron chi connectivity index (χ2n) is 5.97. The lowest BCUT2D eigenvalue weighted by atomic mass is 9.97. The van der Waals surface area contributed by atoms with Crippen LogP contribution >= 0.6 is 0 Å². The summed E-state index contributed by atoms with van der Waals surface area (Å²) in [5.74, 6) is 0.297. The molecule has 1 aliphatic heterocycles. The topological polar surface area (TPSA) is 87.9 Å². The third kappa shape index (κ3) is 2.19. The van der Waals surface area contributed by atoms with E-state index in [1.165, 1.54) is 0 Å². The number of carbonyl (C=O) groups is 1. The number of hydrogen-bond acceptors (Lipinski definition) is 5. The highest BCUT2D eigenvalue weighted by Crippen LogP contribution is 2.22. The lowest BCUT2D eigenvalue weighted by molar-refractivity contribution is 0.0688. The Balaban J connectivity index is 1.79. The van der Waals surface area contributed by atoms with Gasteiger partial charge >= 0.3 is 11.8 Å². The number of rotatable bonds is 1. The van der Waals surface area contributed by atoms with Gasteiger partial charge in [-0.05, 0) is 0 Å². The van der Waals surface area contributed by atoms with Crippen LogP contribution < -0.4 is 0 Å². The average molecular weight is 275 g/mol.